The molecular weight excluding hydrogens is 376 g/mol. The van der Waals surface area contributed by atoms with Gasteiger partial charge in [0.05, 0.1) is 23.2 Å². The van der Waals surface area contributed by atoms with Crippen LogP contribution in [0.4, 0.5) is 4.39 Å². The number of rotatable bonds is 5. The van der Waals surface area contributed by atoms with Crippen molar-refractivity contribution in [1.82, 2.24) is 15.1 Å². The summed E-state index contributed by atoms with van der Waals surface area (Å²) in [5, 5.41) is 7.25. The summed E-state index contributed by atoms with van der Waals surface area (Å²) in [7, 11) is 0. The molecular formula is C19H16Cl2FN3O. The molecule has 0 aliphatic rings. The Balaban J connectivity index is 1.64. The molecule has 4 nitrogen and oxygen atoms in total. The summed E-state index contributed by atoms with van der Waals surface area (Å²) in [6.45, 7) is 1.74. The Morgan fingerprint density at radius 1 is 1.23 bits per heavy atom. The largest absolute Gasteiger partial charge is 0.349 e. The number of carbonyl (C=O) groups excluding carboxylic acids is 1. The van der Waals surface area contributed by atoms with Crippen LogP contribution in [0.5, 0.6) is 0 Å². The second-order valence-corrected chi connectivity index (χ2v) is 6.69. The standard InChI is InChI=1S/C19H16Cl2FN3O/c1-12(15-10-18(22)17(21)11-16(15)20)24-19(26)9-13-3-5-14(6-4-13)25-8-2-7-23-25/h2-8,10-12H,9H2,1H3,(H,24,26). The van der Waals surface area contributed by atoms with Gasteiger partial charge in [-0.05, 0) is 48.4 Å². The molecule has 0 radical (unpaired) electrons. The fourth-order valence-corrected chi connectivity index (χ4v) is 3.16. The first-order valence-corrected chi connectivity index (χ1v) is 8.72. The van der Waals surface area contributed by atoms with E-state index in [1.54, 1.807) is 17.8 Å². The van der Waals surface area contributed by atoms with Crippen molar-refractivity contribution in [3.63, 3.8) is 0 Å². The van der Waals surface area contributed by atoms with Crippen molar-refractivity contribution < 1.29 is 9.18 Å². The molecule has 1 amide bonds. The van der Waals surface area contributed by atoms with Crippen molar-refractivity contribution in [2.45, 2.75) is 19.4 Å². The van der Waals surface area contributed by atoms with E-state index in [0.29, 0.717) is 10.6 Å². The Labute approximate surface area is 160 Å². The van der Waals surface area contributed by atoms with E-state index >= 15 is 0 Å². The van der Waals surface area contributed by atoms with Crippen molar-refractivity contribution in [1.29, 1.82) is 0 Å². The Bertz CT molecular complexity index is 911. The fourth-order valence-electron chi connectivity index (χ4n) is 2.61. The number of halogens is 3. The summed E-state index contributed by atoms with van der Waals surface area (Å²) >= 11 is 11.8. The molecule has 1 heterocycles. The first-order valence-electron chi connectivity index (χ1n) is 7.97. The van der Waals surface area contributed by atoms with Gasteiger partial charge in [0, 0.05) is 17.4 Å². The Kier molecular flexibility index (Phi) is 5.59. The number of carbonyl (C=O) groups is 1. The van der Waals surface area contributed by atoms with Crippen LogP contribution in [0.1, 0.15) is 24.1 Å². The number of hydrogen-bond acceptors (Lipinski definition) is 2. The van der Waals surface area contributed by atoms with E-state index in [-0.39, 0.29) is 17.4 Å². The third kappa shape index (κ3) is 4.23. The summed E-state index contributed by atoms with van der Waals surface area (Å²) in [4.78, 5) is 12.3. The summed E-state index contributed by atoms with van der Waals surface area (Å²) in [5.41, 5.74) is 2.26. The first-order chi connectivity index (χ1) is 12.4. The van der Waals surface area contributed by atoms with E-state index in [4.69, 9.17) is 23.2 Å². The number of hydrogen-bond donors (Lipinski definition) is 1. The highest BCUT2D eigenvalue weighted by atomic mass is 35.5. The topological polar surface area (TPSA) is 46.9 Å². The zero-order valence-corrected chi connectivity index (χ0v) is 15.4. The maximum Gasteiger partial charge on any atom is 0.224 e. The Hall–Kier alpha value is -2.37. The van der Waals surface area contributed by atoms with Crippen LogP contribution in [0.25, 0.3) is 5.69 Å². The number of nitrogens with one attached hydrogen (secondary N) is 1. The van der Waals surface area contributed by atoms with Gasteiger partial charge in [-0.2, -0.15) is 5.10 Å². The summed E-state index contributed by atoms with van der Waals surface area (Å²) in [6.07, 6.45) is 3.75. The maximum absolute atomic E-state index is 13.6. The molecule has 2 aromatic carbocycles. The maximum atomic E-state index is 13.6. The van der Waals surface area contributed by atoms with Gasteiger partial charge in [0.25, 0.3) is 0 Å². The van der Waals surface area contributed by atoms with Crippen molar-refractivity contribution in [3.8, 4) is 5.69 Å². The minimum atomic E-state index is -0.568. The minimum Gasteiger partial charge on any atom is -0.349 e. The van der Waals surface area contributed by atoms with Gasteiger partial charge >= 0.3 is 0 Å². The first kappa shape index (κ1) is 18.4. The molecule has 0 bridgehead atoms. The van der Waals surface area contributed by atoms with Gasteiger partial charge in [0.2, 0.25) is 5.91 Å². The predicted molar refractivity (Wildman–Crippen MR) is 100 cm³/mol. The van der Waals surface area contributed by atoms with Crippen molar-refractivity contribution in [2.75, 3.05) is 0 Å². The molecule has 3 aromatic rings. The van der Waals surface area contributed by atoms with E-state index in [9.17, 15) is 9.18 Å². The highest BCUT2D eigenvalue weighted by molar-refractivity contribution is 6.35. The van der Waals surface area contributed by atoms with Crippen LogP contribution in [-0.2, 0) is 11.2 Å². The van der Waals surface area contributed by atoms with Crippen LogP contribution < -0.4 is 5.32 Å². The van der Waals surface area contributed by atoms with Crippen LogP contribution in [0.2, 0.25) is 10.0 Å². The fraction of sp³-hybridized carbons (Fsp3) is 0.158. The molecule has 0 saturated heterocycles. The Morgan fingerprint density at radius 2 is 1.96 bits per heavy atom. The third-order valence-electron chi connectivity index (χ3n) is 3.95. The van der Waals surface area contributed by atoms with Gasteiger partial charge in [-0.3, -0.25) is 4.79 Å². The van der Waals surface area contributed by atoms with E-state index < -0.39 is 11.9 Å². The van der Waals surface area contributed by atoms with Crippen LogP contribution in [0.15, 0.2) is 54.9 Å². The van der Waals surface area contributed by atoms with Gasteiger partial charge < -0.3 is 5.32 Å². The zero-order valence-electron chi connectivity index (χ0n) is 13.9. The molecule has 26 heavy (non-hydrogen) atoms. The van der Waals surface area contributed by atoms with Gasteiger partial charge in [-0.15, -0.1) is 0 Å². The average molecular weight is 392 g/mol. The highest BCUT2D eigenvalue weighted by Gasteiger charge is 2.16. The lowest BCUT2D eigenvalue weighted by atomic mass is 10.1. The molecule has 1 aromatic heterocycles. The monoisotopic (exact) mass is 391 g/mol. The van der Waals surface area contributed by atoms with Crippen LogP contribution in [0, 0.1) is 5.82 Å². The van der Waals surface area contributed by atoms with Gasteiger partial charge in [0.15, 0.2) is 0 Å². The smallest absolute Gasteiger partial charge is 0.224 e. The summed E-state index contributed by atoms with van der Waals surface area (Å²) in [5.74, 6) is -0.753. The van der Waals surface area contributed by atoms with Crippen LogP contribution in [0.3, 0.4) is 0 Å². The second kappa shape index (κ2) is 7.89. The van der Waals surface area contributed by atoms with E-state index in [2.05, 4.69) is 10.4 Å². The van der Waals surface area contributed by atoms with Crippen molar-refractivity contribution >= 4 is 29.1 Å². The minimum absolute atomic E-state index is 0.0467. The second-order valence-electron chi connectivity index (χ2n) is 5.87. The number of benzene rings is 2. The molecule has 3 rings (SSSR count). The SMILES string of the molecule is CC(NC(=O)Cc1ccc(-n2cccn2)cc1)c1cc(F)c(Cl)cc1Cl. The lowest BCUT2D eigenvalue weighted by Crippen LogP contribution is -2.28. The Morgan fingerprint density at radius 3 is 2.62 bits per heavy atom. The molecule has 1 unspecified atom stereocenters. The van der Waals surface area contributed by atoms with E-state index in [1.807, 2.05) is 36.5 Å². The molecule has 1 atom stereocenters. The molecule has 134 valence electrons. The third-order valence-corrected chi connectivity index (χ3v) is 4.57. The molecule has 0 saturated carbocycles. The number of aromatic nitrogens is 2. The van der Waals surface area contributed by atoms with Gasteiger partial charge in [0.1, 0.15) is 5.82 Å². The molecule has 1 N–H and O–H groups in total. The zero-order chi connectivity index (χ0) is 18.7. The van der Waals surface area contributed by atoms with Crippen LogP contribution in [-0.4, -0.2) is 15.7 Å². The normalized spacial score (nSPS) is 12.0. The van der Waals surface area contributed by atoms with Crippen LogP contribution >= 0.6 is 23.2 Å². The quantitative estimate of drug-likeness (QED) is 0.638. The van der Waals surface area contributed by atoms with Crippen molar-refractivity contribution in [3.05, 3.63) is 81.8 Å². The molecule has 0 aliphatic carbocycles. The van der Waals surface area contributed by atoms with E-state index in [1.165, 1.54) is 12.1 Å². The van der Waals surface area contributed by atoms with Gasteiger partial charge in [-0.1, -0.05) is 35.3 Å². The molecule has 7 heteroatoms. The average Bonchev–Trinajstić information content (AvgIpc) is 3.13. The molecule has 0 aliphatic heterocycles. The summed E-state index contributed by atoms with van der Waals surface area (Å²) in [6, 6.07) is 11.5. The van der Waals surface area contributed by atoms with Gasteiger partial charge in [-0.25, -0.2) is 9.07 Å². The lowest BCUT2D eigenvalue weighted by molar-refractivity contribution is -0.121. The number of amides is 1. The molecule has 0 spiro atoms. The lowest BCUT2D eigenvalue weighted by Gasteiger charge is -2.16. The summed E-state index contributed by atoms with van der Waals surface area (Å²) < 4.78 is 15.4. The number of nitrogens with zero attached hydrogens (tertiary/aromatic N) is 2. The van der Waals surface area contributed by atoms with Crippen molar-refractivity contribution in [2.24, 2.45) is 0 Å². The van der Waals surface area contributed by atoms with E-state index in [0.717, 1.165) is 11.3 Å². The predicted octanol–water partition coefficient (Wildman–Crippen LogP) is 4.74. The molecule has 0 fully saturated rings. The highest BCUT2D eigenvalue weighted by Crippen LogP contribution is 2.28.